The van der Waals surface area contributed by atoms with Crippen molar-refractivity contribution in [1.82, 2.24) is 5.32 Å². The second-order valence-corrected chi connectivity index (χ2v) is 13.7. The molecule has 0 aliphatic carbocycles. The maximum Gasteiger partial charge on any atom is 0.306 e. The summed E-state index contributed by atoms with van der Waals surface area (Å²) in [7, 11) is 0. The molecule has 4 nitrogen and oxygen atoms in total. The van der Waals surface area contributed by atoms with E-state index in [1.807, 2.05) is 0 Å². The van der Waals surface area contributed by atoms with Gasteiger partial charge < -0.3 is 14.8 Å². The SMILES string of the molecule is CCCCCCCCCCCCCCNC(CC)COCCC(CCCCCCC)OC(=O)CCCCCCCCCCC. The van der Waals surface area contributed by atoms with Crippen molar-refractivity contribution in [3.8, 4) is 0 Å². The largest absolute Gasteiger partial charge is 0.462 e. The fraction of sp³-hybridized carbons (Fsp3) is 0.975. The predicted molar refractivity (Wildman–Crippen MR) is 194 cm³/mol. The maximum atomic E-state index is 12.6. The molecule has 0 fully saturated rings. The Morgan fingerprint density at radius 2 is 0.955 bits per heavy atom. The van der Waals surface area contributed by atoms with Gasteiger partial charge in [-0.1, -0.05) is 175 Å². The van der Waals surface area contributed by atoms with Gasteiger partial charge in [-0.25, -0.2) is 0 Å². The number of hydrogen-bond acceptors (Lipinski definition) is 4. The Morgan fingerprint density at radius 1 is 0.523 bits per heavy atom. The molecular formula is C40H81NO3. The Kier molecular flexibility index (Phi) is 36.3. The lowest BCUT2D eigenvalue weighted by Crippen LogP contribution is -2.34. The molecule has 0 amide bonds. The summed E-state index contributed by atoms with van der Waals surface area (Å²) < 4.78 is 12.1. The van der Waals surface area contributed by atoms with Gasteiger partial charge in [0, 0.05) is 18.9 Å². The number of hydrogen-bond donors (Lipinski definition) is 1. The summed E-state index contributed by atoms with van der Waals surface area (Å²) in [6.45, 7) is 11.6. The highest BCUT2D eigenvalue weighted by atomic mass is 16.5. The summed E-state index contributed by atoms with van der Waals surface area (Å²) in [5, 5.41) is 3.72. The van der Waals surface area contributed by atoms with E-state index in [0.717, 1.165) is 51.7 Å². The third kappa shape index (κ3) is 32.8. The van der Waals surface area contributed by atoms with Crippen molar-refractivity contribution in [3.05, 3.63) is 0 Å². The minimum Gasteiger partial charge on any atom is -0.462 e. The van der Waals surface area contributed by atoms with Gasteiger partial charge in [0.05, 0.1) is 13.2 Å². The molecular weight excluding hydrogens is 542 g/mol. The first-order chi connectivity index (χ1) is 21.7. The summed E-state index contributed by atoms with van der Waals surface area (Å²) in [4.78, 5) is 12.6. The lowest BCUT2D eigenvalue weighted by atomic mass is 10.1. The van der Waals surface area contributed by atoms with Crippen molar-refractivity contribution in [2.45, 2.75) is 232 Å². The van der Waals surface area contributed by atoms with E-state index in [0.29, 0.717) is 19.1 Å². The van der Waals surface area contributed by atoms with Crippen LogP contribution in [0.2, 0.25) is 0 Å². The average Bonchev–Trinajstić information content (AvgIpc) is 3.03. The molecule has 0 heterocycles. The Hall–Kier alpha value is -0.610. The molecule has 2 atom stereocenters. The van der Waals surface area contributed by atoms with E-state index in [1.165, 1.54) is 148 Å². The number of rotatable bonds is 37. The summed E-state index contributed by atoms with van der Waals surface area (Å²) in [5.74, 6) is 0.00187. The Balaban J connectivity index is 4.02. The van der Waals surface area contributed by atoms with Crippen LogP contribution in [0.25, 0.3) is 0 Å². The molecule has 0 aliphatic rings. The molecule has 0 saturated carbocycles. The molecule has 0 bridgehead atoms. The number of esters is 1. The topological polar surface area (TPSA) is 47.6 Å². The third-order valence-corrected chi connectivity index (χ3v) is 9.27. The van der Waals surface area contributed by atoms with Gasteiger partial charge in [0.15, 0.2) is 0 Å². The molecule has 0 aromatic carbocycles. The molecule has 0 radical (unpaired) electrons. The zero-order valence-corrected chi connectivity index (χ0v) is 30.7. The van der Waals surface area contributed by atoms with Gasteiger partial charge in [0.1, 0.15) is 6.10 Å². The van der Waals surface area contributed by atoms with E-state index >= 15 is 0 Å². The van der Waals surface area contributed by atoms with Gasteiger partial charge in [-0.15, -0.1) is 0 Å². The van der Waals surface area contributed by atoms with Crippen LogP contribution >= 0.6 is 0 Å². The predicted octanol–water partition coefficient (Wildman–Crippen LogP) is 12.7. The van der Waals surface area contributed by atoms with Crippen LogP contribution in [0, 0.1) is 0 Å². The van der Waals surface area contributed by atoms with Crippen LogP contribution in [0.5, 0.6) is 0 Å². The second kappa shape index (κ2) is 36.9. The van der Waals surface area contributed by atoms with Crippen molar-refractivity contribution in [1.29, 1.82) is 0 Å². The first kappa shape index (κ1) is 43.4. The first-order valence-electron chi connectivity index (χ1n) is 20.2. The van der Waals surface area contributed by atoms with Crippen LogP contribution < -0.4 is 5.32 Å². The van der Waals surface area contributed by atoms with Gasteiger partial charge in [-0.05, 0) is 38.6 Å². The molecule has 1 N–H and O–H groups in total. The number of ether oxygens (including phenoxy) is 2. The molecule has 0 aromatic heterocycles. The third-order valence-electron chi connectivity index (χ3n) is 9.27. The van der Waals surface area contributed by atoms with Crippen LogP contribution in [-0.2, 0) is 14.3 Å². The monoisotopic (exact) mass is 624 g/mol. The molecule has 2 unspecified atom stereocenters. The smallest absolute Gasteiger partial charge is 0.306 e. The molecule has 0 rings (SSSR count). The highest BCUT2D eigenvalue weighted by Crippen LogP contribution is 2.16. The van der Waals surface area contributed by atoms with E-state index in [2.05, 4.69) is 33.0 Å². The zero-order valence-electron chi connectivity index (χ0n) is 30.7. The average molecular weight is 624 g/mol. The van der Waals surface area contributed by atoms with Gasteiger partial charge in [-0.2, -0.15) is 0 Å². The van der Waals surface area contributed by atoms with E-state index in [9.17, 15) is 4.79 Å². The summed E-state index contributed by atoms with van der Waals surface area (Å²) in [6, 6.07) is 0.421. The van der Waals surface area contributed by atoms with Crippen molar-refractivity contribution in [2.24, 2.45) is 0 Å². The van der Waals surface area contributed by atoms with Crippen molar-refractivity contribution in [2.75, 3.05) is 19.8 Å². The molecule has 0 saturated heterocycles. The van der Waals surface area contributed by atoms with E-state index in [1.54, 1.807) is 0 Å². The Labute approximate surface area is 277 Å². The molecule has 4 heteroatoms. The van der Waals surface area contributed by atoms with Crippen LogP contribution in [0.4, 0.5) is 0 Å². The van der Waals surface area contributed by atoms with Crippen molar-refractivity contribution >= 4 is 5.97 Å². The van der Waals surface area contributed by atoms with Crippen LogP contribution in [0.3, 0.4) is 0 Å². The summed E-state index contributed by atoms with van der Waals surface area (Å²) in [5.41, 5.74) is 0. The minimum atomic E-state index is 0.00187. The lowest BCUT2D eigenvalue weighted by Gasteiger charge is -2.20. The Morgan fingerprint density at radius 3 is 1.43 bits per heavy atom. The normalized spacial score (nSPS) is 12.9. The highest BCUT2D eigenvalue weighted by molar-refractivity contribution is 5.69. The number of carbonyl (C=O) groups excluding carboxylic acids is 1. The molecule has 0 aromatic rings. The fourth-order valence-corrected chi connectivity index (χ4v) is 6.10. The lowest BCUT2D eigenvalue weighted by molar-refractivity contribution is -0.150. The zero-order chi connectivity index (χ0) is 32.2. The highest BCUT2D eigenvalue weighted by Gasteiger charge is 2.15. The number of unbranched alkanes of at least 4 members (excludes halogenated alkanes) is 23. The summed E-state index contributed by atoms with van der Waals surface area (Å²) in [6.07, 6.45) is 37.9. The standard InChI is InChI=1S/C40H81NO3/c1-5-9-12-15-17-19-20-21-23-25-28-31-35-41-38(8-4)37-43-36-34-39(32-29-26-14-11-7-3)44-40(42)33-30-27-24-22-18-16-13-10-6-2/h38-39,41H,5-37H2,1-4H3. The van der Waals surface area contributed by atoms with E-state index < -0.39 is 0 Å². The van der Waals surface area contributed by atoms with Crippen molar-refractivity contribution in [3.63, 3.8) is 0 Å². The van der Waals surface area contributed by atoms with Crippen LogP contribution in [-0.4, -0.2) is 37.9 Å². The number of nitrogens with one attached hydrogen (secondary N) is 1. The minimum absolute atomic E-state index is 0.00187. The van der Waals surface area contributed by atoms with Crippen molar-refractivity contribution < 1.29 is 14.3 Å². The molecule has 0 spiro atoms. The van der Waals surface area contributed by atoms with Gasteiger partial charge in [-0.3, -0.25) is 4.79 Å². The second-order valence-electron chi connectivity index (χ2n) is 13.7. The van der Waals surface area contributed by atoms with Gasteiger partial charge in [0.2, 0.25) is 0 Å². The summed E-state index contributed by atoms with van der Waals surface area (Å²) >= 11 is 0. The van der Waals surface area contributed by atoms with E-state index in [-0.39, 0.29) is 12.1 Å². The Bertz CT molecular complexity index is 555. The molecule has 264 valence electrons. The molecule has 0 aliphatic heterocycles. The quantitative estimate of drug-likeness (QED) is 0.0552. The van der Waals surface area contributed by atoms with Gasteiger partial charge >= 0.3 is 5.97 Å². The number of carbonyl (C=O) groups is 1. The fourth-order valence-electron chi connectivity index (χ4n) is 6.10. The van der Waals surface area contributed by atoms with Crippen LogP contribution in [0.1, 0.15) is 220 Å². The van der Waals surface area contributed by atoms with E-state index in [4.69, 9.17) is 9.47 Å². The maximum absolute atomic E-state index is 12.6. The van der Waals surface area contributed by atoms with Gasteiger partial charge in [0.25, 0.3) is 0 Å². The van der Waals surface area contributed by atoms with Crippen LogP contribution in [0.15, 0.2) is 0 Å². The molecule has 44 heavy (non-hydrogen) atoms. The first-order valence-corrected chi connectivity index (χ1v) is 20.2.